The summed E-state index contributed by atoms with van der Waals surface area (Å²) >= 11 is 5.96. The molecule has 18 heavy (non-hydrogen) atoms. The summed E-state index contributed by atoms with van der Waals surface area (Å²) in [5.41, 5.74) is 7.12. The average molecular weight is 268 g/mol. The normalized spacial score (nSPS) is 16.2. The number of nitrogens with one attached hydrogen (secondary N) is 2. The minimum Gasteiger partial charge on any atom is -0.381 e. The van der Waals surface area contributed by atoms with Gasteiger partial charge in [0.15, 0.2) is 0 Å². The summed E-state index contributed by atoms with van der Waals surface area (Å²) in [7, 11) is 0. The molecule has 1 saturated carbocycles. The van der Waals surface area contributed by atoms with Crippen LogP contribution in [0.2, 0.25) is 5.02 Å². The van der Waals surface area contributed by atoms with Crippen LogP contribution in [0.3, 0.4) is 0 Å². The van der Waals surface area contributed by atoms with Gasteiger partial charge in [-0.05, 0) is 31.0 Å². The van der Waals surface area contributed by atoms with E-state index in [4.69, 9.17) is 17.3 Å². The fourth-order valence-corrected chi connectivity index (χ4v) is 1.73. The van der Waals surface area contributed by atoms with Crippen LogP contribution < -0.4 is 16.4 Å². The van der Waals surface area contributed by atoms with Gasteiger partial charge in [-0.15, -0.1) is 0 Å². The monoisotopic (exact) mass is 267 g/mol. The Labute approximate surface area is 112 Å². The van der Waals surface area contributed by atoms with E-state index in [9.17, 15) is 4.79 Å². The molecule has 0 saturated heterocycles. The van der Waals surface area contributed by atoms with Gasteiger partial charge < -0.3 is 16.4 Å². The standard InChI is InChI=1S/C13H18ClN3O/c1-8(7-15)13(18)17-12-6-9(14)2-5-11(12)16-10-3-4-10/h2,5-6,8,10,16H,3-4,7,15H2,1H3,(H,17,18). The Balaban J connectivity index is 2.13. The van der Waals surface area contributed by atoms with E-state index in [0.29, 0.717) is 17.6 Å². The van der Waals surface area contributed by atoms with Crippen molar-refractivity contribution < 1.29 is 4.79 Å². The third-order valence-corrected chi connectivity index (χ3v) is 3.21. The van der Waals surface area contributed by atoms with Crippen LogP contribution in [0.15, 0.2) is 18.2 Å². The Kier molecular flexibility index (Phi) is 4.09. The topological polar surface area (TPSA) is 67.2 Å². The van der Waals surface area contributed by atoms with Crippen LogP contribution in [0.25, 0.3) is 0 Å². The zero-order chi connectivity index (χ0) is 13.1. The highest BCUT2D eigenvalue weighted by molar-refractivity contribution is 6.31. The lowest BCUT2D eigenvalue weighted by molar-refractivity contribution is -0.119. The Morgan fingerprint density at radius 2 is 2.22 bits per heavy atom. The van der Waals surface area contributed by atoms with E-state index in [0.717, 1.165) is 11.4 Å². The van der Waals surface area contributed by atoms with Gasteiger partial charge in [0, 0.05) is 23.5 Å². The molecule has 98 valence electrons. The smallest absolute Gasteiger partial charge is 0.228 e. The first-order valence-corrected chi connectivity index (χ1v) is 6.55. The van der Waals surface area contributed by atoms with Gasteiger partial charge in [0.2, 0.25) is 5.91 Å². The fourth-order valence-electron chi connectivity index (χ4n) is 1.56. The van der Waals surface area contributed by atoms with Gasteiger partial charge in [-0.2, -0.15) is 0 Å². The number of carbonyl (C=O) groups excluding carboxylic acids is 1. The van der Waals surface area contributed by atoms with Gasteiger partial charge in [-0.25, -0.2) is 0 Å². The number of halogens is 1. The van der Waals surface area contributed by atoms with Gasteiger partial charge in [0.1, 0.15) is 0 Å². The third kappa shape index (κ3) is 3.37. The molecule has 0 aliphatic heterocycles. The van der Waals surface area contributed by atoms with Crippen molar-refractivity contribution in [3.05, 3.63) is 23.2 Å². The van der Waals surface area contributed by atoms with Crippen molar-refractivity contribution >= 4 is 28.9 Å². The third-order valence-electron chi connectivity index (χ3n) is 2.98. The Hall–Kier alpha value is -1.26. The maximum absolute atomic E-state index is 11.8. The lowest BCUT2D eigenvalue weighted by atomic mass is 10.1. The van der Waals surface area contributed by atoms with Crippen molar-refractivity contribution in [2.75, 3.05) is 17.2 Å². The van der Waals surface area contributed by atoms with Crippen LogP contribution in [0.5, 0.6) is 0 Å². The van der Waals surface area contributed by atoms with E-state index in [2.05, 4.69) is 10.6 Å². The molecule has 0 radical (unpaired) electrons. The van der Waals surface area contributed by atoms with E-state index < -0.39 is 0 Å². The maximum Gasteiger partial charge on any atom is 0.228 e. The molecule has 1 aromatic rings. The molecule has 1 amide bonds. The Bertz CT molecular complexity index is 446. The van der Waals surface area contributed by atoms with Crippen LogP contribution in [0, 0.1) is 5.92 Å². The average Bonchev–Trinajstić information content (AvgIpc) is 3.15. The van der Waals surface area contributed by atoms with Crippen LogP contribution in [0.1, 0.15) is 19.8 Å². The summed E-state index contributed by atoms with van der Waals surface area (Å²) in [5, 5.41) is 6.84. The molecule has 5 heteroatoms. The number of carbonyl (C=O) groups is 1. The highest BCUT2D eigenvalue weighted by atomic mass is 35.5. The molecule has 1 unspecified atom stereocenters. The van der Waals surface area contributed by atoms with E-state index in [1.807, 2.05) is 12.1 Å². The zero-order valence-electron chi connectivity index (χ0n) is 10.4. The predicted molar refractivity (Wildman–Crippen MR) is 74.9 cm³/mol. The summed E-state index contributed by atoms with van der Waals surface area (Å²) in [4.78, 5) is 11.8. The highest BCUT2D eigenvalue weighted by Gasteiger charge is 2.22. The first kappa shape index (κ1) is 13.2. The summed E-state index contributed by atoms with van der Waals surface area (Å²) in [5.74, 6) is -0.295. The van der Waals surface area contributed by atoms with E-state index >= 15 is 0 Å². The van der Waals surface area contributed by atoms with Crippen molar-refractivity contribution in [3.63, 3.8) is 0 Å². The molecule has 0 aromatic heterocycles. The molecule has 4 N–H and O–H groups in total. The van der Waals surface area contributed by atoms with Crippen molar-refractivity contribution in [1.82, 2.24) is 0 Å². The van der Waals surface area contributed by atoms with Gasteiger partial charge in [0.25, 0.3) is 0 Å². The van der Waals surface area contributed by atoms with Crippen molar-refractivity contribution in [1.29, 1.82) is 0 Å². The van der Waals surface area contributed by atoms with Gasteiger partial charge >= 0.3 is 0 Å². The molecule has 4 nitrogen and oxygen atoms in total. The SMILES string of the molecule is CC(CN)C(=O)Nc1cc(Cl)ccc1NC1CC1. The summed E-state index contributed by atoms with van der Waals surface area (Å²) < 4.78 is 0. The van der Waals surface area contributed by atoms with E-state index in [-0.39, 0.29) is 11.8 Å². The van der Waals surface area contributed by atoms with Crippen LogP contribution in [-0.4, -0.2) is 18.5 Å². The van der Waals surface area contributed by atoms with Crippen molar-refractivity contribution in [2.24, 2.45) is 11.7 Å². The lowest BCUT2D eigenvalue weighted by Gasteiger charge is -2.15. The number of hydrogen-bond acceptors (Lipinski definition) is 3. The number of nitrogens with two attached hydrogens (primary N) is 1. The maximum atomic E-state index is 11.8. The Morgan fingerprint density at radius 1 is 1.50 bits per heavy atom. The predicted octanol–water partition coefficient (Wildman–Crippen LogP) is 2.45. The molecule has 0 heterocycles. The number of anilines is 2. The van der Waals surface area contributed by atoms with Crippen LogP contribution in [-0.2, 0) is 4.79 Å². The molecule has 0 spiro atoms. The molecule has 1 aliphatic carbocycles. The number of benzene rings is 1. The molecule has 2 rings (SSSR count). The number of rotatable bonds is 5. The second-order valence-electron chi connectivity index (χ2n) is 4.73. The van der Waals surface area contributed by atoms with Crippen LogP contribution >= 0.6 is 11.6 Å². The zero-order valence-corrected chi connectivity index (χ0v) is 11.1. The summed E-state index contributed by atoms with van der Waals surface area (Å²) in [6.45, 7) is 2.13. The van der Waals surface area contributed by atoms with Gasteiger partial charge in [-0.3, -0.25) is 4.79 Å². The van der Waals surface area contributed by atoms with Crippen LogP contribution in [0.4, 0.5) is 11.4 Å². The molecular weight excluding hydrogens is 250 g/mol. The first-order chi connectivity index (χ1) is 8.60. The number of amides is 1. The van der Waals surface area contributed by atoms with Crippen molar-refractivity contribution in [2.45, 2.75) is 25.8 Å². The minimum atomic E-state index is -0.210. The van der Waals surface area contributed by atoms with Gasteiger partial charge in [0.05, 0.1) is 11.4 Å². The first-order valence-electron chi connectivity index (χ1n) is 6.17. The second kappa shape index (κ2) is 5.59. The fraction of sp³-hybridized carbons (Fsp3) is 0.462. The Morgan fingerprint density at radius 3 is 2.83 bits per heavy atom. The highest BCUT2D eigenvalue weighted by Crippen LogP contribution is 2.31. The molecule has 1 fully saturated rings. The molecule has 1 atom stereocenters. The molecule has 1 aromatic carbocycles. The largest absolute Gasteiger partial charge is 0.381 e. The second-order valence-corrected chi connectivity index (χ2v) is 5.17. The lowest BCUT2D eigenvalue weighted by Crippen LogP contribution is -2.27. The van der Waals surface area contributed by atoms with E-state index in [1.54, 1.807) is 13.0 Å². The van der Waals surface area contributed by atoms with E-state index in [1.165, 1.54) is 12.8 Å². The number of hydrogen-bond donors (Lipinski definition) is 3. The minimum absolute atomic E-state index is 0.0846. The quantitative estimate of drug-likeness (QED) is 0.768. The molecular formula is C13H18ClN3O. The molecule has 0 bridgehead atoms. The summed E-state index contributed by atoms with van der Waals surface area (Å²) in [6.07, 6.45) is 2.35. The van der Waals surface area contributed by atoms with Crippen molar-refractivity contribution in [3.8, 4) is 0 Å². The summed E-state index contributed by atoms with van der Waals surface area (Å²) in [6, 6.07) is 5.99. The van der Waals surface area contributed by atoms with Gasteiger partial charge in [-0.1, -0.05) is 18.5 Å². The molecule has 1 aliphatic rings.